The Balaban J connectivity index is 1.61. The highest BCUT2D eigenvalue weighted by atomic mass is 16.3. The number of furan rings is 1. The number of hydrogen-bond acceptors (Lipinski definition) is 4. The van der Waals surface area contributed by atoms with Gasteiger partial charge < -0.3 is 19.2 Å². The second-order valence-electron chi connectivity index (χ2n) is 9.40. The fraction of sp³-hybridized carbons (Fsp3) is 0.609. The highest BCUT2D eigenvalue weighted by Crippen LogP contribution is 2.54. The summed E-state index contributed by atoms with van der Waals surface area (Å²) in [6.45, 7) is 6.77. The quantitative estimate of drug-likeness (QED) is 0.750. The first-order valence-electron chi connectivity index (χ1n) is 10.9. The van der Waals surface area contributed by atoms with Gasteiger partial charge >= 0.3 is 0 Å². The van der Waals surface area contributed by atoms with Crippen LogP contribution >= 0.6 is 0 Å². The Morgan fingerprint density at radius 2 is 2.20 bits per heavy atom. The molecule has 0 radical (unpaired) electrons. The number of imidazole rings is 1. The topological polar surface area (TPSA) is 82.4 Å². The van der Waals surface area contributed by atoms with Gasteiger partial charge in [-0.3, -0.25) is 9.59 Å². The van der Waals surface area contributed by atoms with Crippen molar-refractivity contribution in [2.45, 2.75) is 71.5 Å². The second kappa shape index (κ2) is 7.93. The molecule has 2 saturated heterocycles. The molecule has 0 spiro atoms. The van der Waals surface area contributed by atoms with Gasteiger partial charge in [-0.1, -0.05) is 13.8 Å². The summed E-state index contributed by atoms with van der Waals surface area (Å²) in [7, 11) is 1.85. The third kappa shape index (κ3) is 3.55. The largest absolute Gasteiger partial charge is 0.459 e. The van der Waals surface area contributed by atoms with Crippen LogP contribution in [0.15, 0.2) is 29.0 Å². The summed E-state index contributed by atoms with van der Waals surface area (Å²) < 4.78 is 5.39. The van der Waals surface area contributed by atoms with Crippen LogP contribution < -0.4 is 0 Å². The third-order valence-corrected chi connectivity index (χ3v) is 6.79. The SMILES string of the molecule is Cc1cnc(CN(C)C(=O)[C@@]2(CCC(C)C)C[C@H]3CC[C@@H]2N3C(=O)c2ccco2)[nH]1. The Morgan fingerprint density at radius 1 is 1.40 bits per heavy atom. The zero-order valence-corrected chi connectivity index (χ0v) is 18.4. The summed E-state index contributed by atoms with van der Waals surface area (Å²) in [5.41, 5.74) is 0.446. The zero-order valence-electron chi connectivity index (χ0n) is 18.4. The summed E-state index contributed by atoms with van der Waals surface area (Å²) >= 11 is 0. The van der Waals surface area contributed by atoms with Crippen LogP contribution in [0.25, 0.3) is 0 Å². The fourth-order valence-electron chi connectivity index (χ4n) is 5.39. The van der Waals surface area contributed by atoms with Gasteiger partial charge in [0.15, 0.2) is 5.76 Å². The van der Waals surface area contributed by atoms with E-state index in [0.29, 0.717) is 18.2 Å². The van der Waals surface area contributed by atoms with Gasteiger partial charge in [-0.25, -0.2) is 4.98 Å². The molecule has 30 heavy (non-hydrogen) atoms. The molecular formula is C23H32N4O3. The molecule has 0 unspecified atom stereocenters. The van der Waals surface area contributed by atoms with Crippen LogP contribution in [0.5, 0.6) is 0 Å². The molecule has 2 aromatic heterocycles. The normalized spacial score (nSPS) is 25.3. The predicted octanol–water partition coefficient (Wildman–Crippen LogP) is 3.77. The molecule has 2 bridgehead atoms. The summed E-state index contributed by atoms with van der Waals surface area (Å²) in [6, 6.07) is 3.47. The van der Waals surface area contributed by atoms with Crippen molar-refractivity contribution in [2.75, 3.05) is 7.05 Å². The smallest absolute Gasteiger partial charge is 0.290 e. The number of rotatable bonds is 7. The van der Waals surface area contributed by atoms with E-state index in [-0.39, 0.29) is 23.9 Å². The van der Waals surface area contributed by atoms with Crippen molar-refractivity contribution in [1.82, 2.24) is 19.8 Å². The number of fused-ring (bicyclic) bond motifs is 2. The van der Waals surface area contributed by atoms with E-state index in [0.717, 1.165) is 43.6 Å². The van der Waals surface area contributed by atoms with Crippen LogP contribution in [0, 0.1) is 18.3 Å². The van der Waals surface area contributed by atoms with Crippen molar-refractivity contribution in [3.8, 4) is 0 Å². The van der Waals surface area contributed by atoms with E-state index in [1.165, 1.54) is 6.26 Å². The van der Waals surface area contributed by atoms with Gasteiger partial charge in [-0.2, -0.15) is 0 Å². The standard InChI is InChI=1S/C23H32N4O3/c1-15(2)9-10-23(22(29)26(4)14-20-24-13-16(3)25-20)12-17-7-8-19(23)27(17)21(28)18-6-5-11-30-18/h5-6,11,13,15,17,19H,7-10,12,14H2,1-4H3,(H,24,25)/t17-,19+,23+/m1/s1. The maximum atomic E-state index is 13.9. The van der Waals surface area contributed by atoms with Crippen molar-refractivity contribution in [1.29, 1.82) is 0 Å². The molecule has 2 aliphatic rings. The second-order valence-corrected chi connectivity index (χ2v) is 9.40. The van der Waals surface area contributed by atoms with Gasteiger partial charge in [-0.15, -0.1) is 0 Å². The molecule has 2 amide bonds. The third-order valence-electron chi connectivity index (χ3n) is 6.79. The molecule has 0 saturated carbocycles. The number of aromatic nitrogens is 2. The maximum absolute atomic E-state index is 13.9. The molecule has 7 nitrogen and oxygen atoms in total. The van der Waals surface area contributed by atoms with Crippen molar-refractivity contribution in [3.63, 3.8) is 0 Å². The van der Waals surface area contributed by atoms with E-state index in [2.05, 4.69) is 23.8 Å². The first kappa shape index (κ1) is 20.7. The van der Waals surface area contributed by atoms with Crippen molar-refractivity contribution >= 4 is 11.8 Å². The average Bonchev–Trinajstić information content (AvgIpc) is 3.49. The number of H-pyrrole nitrogens is 1. The molecule has 3 atom stereocenters. The van der Waals surface area contributed by atoms with E-state index in [1.807, 2.05) is 18.9 Å². The number of carbonyl (C=O) groups excluding carboxylic acids is 2. The van der Waals surface area contributed by atoms with Crippen LogP contribution in [-0.4, -0.2) is 50.7 Å². The molecule has 0 aliphatic carbocycles. The van der Waals surface area contributed by atoms with Crippen LogP contribution in [0.4, 0.5) is 0 Å². The van der Waals surface area contributed by atoms with Crippen molar-refractivity contribution < 1.29 is 14.0 Å². The zero-order chi connectivity index (χ0) is 21.5. The van der Waals surface area contributed by atoms with E-state index in [9.17, 15) is 9.59 Å². The lowest BCUT2D eigenvalue weighted by Gasteiger charge is -2.39. The van der Waals surface area contributed by atoms with Gasteiger partial charge in [0.1, 0.15) is 5.82 Å². The van der Waals surface area contributed by atoms with Gasteiger partial charge in [0.2, 0.25) is 5.91 Å². The van der Waals surface area contributed by atoms with Gasteiger partial charge in [0.25, 0.3) is 5.91 Å². The molecule has 7 heteroatoms. The minimum Gasteiger partial charge on any atom is -0.459 e. The first-order valence-corrected chi connectivity index (χ1v) is 10.9. The Bertz CT molecular complexity index is 903. The summed E-state index contributed by atoms with van der Waals surface area (Å²) in [5.74, 6) is 1.69. The van der Waals surface area contributed by atoms with Crippen LogP contribution in [0.3, 0.4) is 0 Å². The van der Waals surface area contributed by atoms with Crippen LogP contribution in [0.1, 0.15) is 68.0 Å². The lowest BCUT2D eigenvalue weighted by molar-refractivity contribution is -0.144. The summed E-state index contributed by atoms with van der Waals surface area (Å²) in [4.78, 5) is 38.3. The van der Waals surface area contributed by atoms with E-state index >= 15 is 0 Å². The number of aromatic amines is 1. The Labute approximate surface area is 177 Å². The van der Waals surface area contributed by atoms with Crippen molar-refractivity contribution in [2.24, 2.45) is 11.3 Å². The molecule has 2 aliphatic heterocycles. The lowest BCUT2D eigenvalue weighted by atomic mass is 9.69. The molecule has 4 heterocycles. The first-order chi connectivity index (χ1) is 14.3. The number of nitrogens with one attached hydrogen (secondary N) is 1. The fourth-order valence-corrected chi connectivity index (χ4v) is 5.39. The van der Waals surface area contributed by atoms with E-state index < -0.39 is 5.41 Å². The van der Waals surface area contributed by atoms with Crippen molar-refractivity contribution in [3.05, 3.63) is 41.9 Å². The number of aryl methyl sites for hydroxylation is 1. The Hall–Kier alpha value is -2.57. The summed E-state index contributed by atoms with van der Waals surface area (Å²) in [6.07, 6.45) is 7.63. The Kier molecular flexibility index (Phi) is 5.47. The molecule has 2 aromatic rings. The lowest BCUT2D eigenvalue weighted by Crippen LogP contribution is -2.50. The number of nitrogens with zero attached hydrogens (tertiary/aromatic N) is 3. The number of carbonyl (C=O) groups is 2. The number of amides is 2. The molecular weight excluding hydrogens is 380 g/mol. The molecule has 0 aromatic carbocycles. The number of hydrogen-bond donors (Lipinski definition) is 1. The maximum Gasteiger partial charge on any atom is 0.290 e. The van der Waals surface area contributed by atoms with Crippen LogP contribution in [-0.2, 0) is 11.3 Å². The minimum absolute atomic E-state index is 0.0767. The van der Waals surface area contributed by atoms with Gasteiger partial charge in [-0.05, 0) is 57.1 Å². The van der Waals surface area contributed by atoms with E-state index in [4.69, 9.17) is 4.42 Å². The molecule has 162 valence electrons. The summed E-state index contributed by atoms with van der Waals surface area (Å²) in [5, 5.41) is 0. The van der Waals surface area contributed by atoms with Crippen LogP contribution in [0.2, 0.25) is 0 Å². The molecule has 4 rings (SSSR count). The molecule has 2 fully saturated rings. The monoisotopic (exact) mass is 412 g/mol. The predicted molar refractivity (Wildman–Crippen MR) is 113 cm³/mol. The minimum atomic E-state index is -0.536. The highest BCUT2D eigenvalue weighted by Gasteiger charge is 2.61. The van der Waals surface area contributed by atoms with Gasteiger partial charge in [0, 0.05) is 31.0 Å². The Morgan fingerprint density at radius 3 is 2.83 bits per heavy atom. The highest BCUT2D eigenvalue weighted by molar-refractivity contribution is 5.94. The van der Waals surface area contributed by atoms with Gasteiger partial charge in [0.05, 0.1) is 18.2 Å². The molecule has 1 N–H and O–H groups in total. The average molecular weight is 413 g/mol. The van der Waals surface area contributed by atoms with E-state index in [1.54, 1.807) is 23.2 Å².